The molecule has 0 bridgehead atoms. The summed E-state index contributed by atoms with van der Waals surface area (Å²) in [6.45, 7) is 4.49. The van der Waals surface area contributed by atoms with E-state index in [2.05, 4.69) is 17.4 Å². The number of carbonyl (C=O) groups is 1. The minimum absolute atomic E-state index is 0.140. The van der Waals surface area contributed by atoms with Gasteiger partial charge in [-0.05, 0) is 74.4 Å². The van der Waals surface area contributed by atoms with Crippen molar-refractivity contribution in [1.82, 2.24) is 0 Å². The zero-order chi connectivity index (χ0) is 18.4. The number of hydrogen-bond donors (Lipinski definition) is 1. The molecule has 4 nitrogen and oxygen atoms in total. The van der Waals surface area contributed by atoms with Crippen molar-refractivity contribution in [3.05, 3.63) is 53.6 Å². The summed E-state index contributed by atoms with van der Waals surface area (Å²) >= 11 is 0. The van der Waals surface area contributed by atoms with Crippen LogP contribution in [-0.4, -0.2) is 18.6 Å². The normalized spacial score (nSPS) is 14.2. The quantitative estimate of drug-likeness (QED) is 0.781. The average Bonchev–Trinajstić information content (AvgIpc) is 2.66. The second-order valence-electron chi connectivity index (χ2n) is 6.60. The number of anilines is 1. The number of carbonyl (C=O) groups excluding carboxylic acids is 1. The Labute approximate surface area is 155 Å². The van der Waals surface area contributed by atoms with E-state index in [0.717, 1.165) is 24.3 Å². The predicted octanol–water partition coefficient (Wildman–Crippen LogP) is 4.76. The first kappa shape index (κ1) is 18.3. The third kappa shape index (κ3) is 4.57. The molecular weight excluding hydrogens is 326 g/mol. The first-order chi connectivity index (χ1) is 12.7. The Kier molecular flexibility index (Phi) is 6.16. The molecule has 0 radical (unpaired) electrons. The van der Waals surface area contributed by atoms with Crippen LogP contribution in [0.4, 0.5) is 5.69 Å². The molecule has 4 heteroatoms. The smallest absolute Gasteiger partial charge is 0.265 e. The van der Waals surface area contributed by atoms with Crippen LogP contribution in [0, 0.1) is 0 Å². The molecule has 1 atom stereocenters. The summed E-state index contributed by atoms with van der Waals surface area (Å²) in [5.41, 5.74) is 3.48. The van der Waals surface area contributed by atoms with Gasteiger partial charge in [-0.15, -0.1) is 0 Å². The molecule has 0 unspecified atom stereocenters. The van der Waals surface area contributed by atoms with Crippen molar-refractivity contribution in [3.8, 4) is 11.5 Å². The highest BCUT2D eigenvalue weighted by atomic mass is 16.5. The Morgan fingerprint density at radius 3 is 2.62 bits per heavy atom. The van der Waals surface area contributed by atoms with Gasteiger partial charge in [-0.2, -0.15) is 0 Å². The molecule has 0 saturated heterocycles. The minimum Gasteiger partial charge on any atom is -0.494 e. The molecule has 1 N–H and O–H groups in total. The van der Waals surface area contributed by atoms with Gasteiger partial charge in [0.25, 0.3) is 5.91 Å². The van der Waals surface area contributed by atoms with Gasteiger partial charge in [-0.25, -0.2) is 0 Å². The van der Waals surface area contributed by atoms with Gasteiger partial charge in [0.2, 0.25) is 0 Å². The first-order valence-electron chi connectivity index (χ1n) is 9.51. The Bertz CT molecular complexity index is 757. The summed E-state index contributed by atoms with van der Waals surface area (Å²) in [5.74, 6) is 1.38. The van der Waals surface area contributed by atoms with Gasteiger partial charge < -0.3 is 14.8 Å². The summed E-state index contributed by atoms with van der Waals surface area (Å²) in [5, 5.41) is 2.93. The molecule has 138 valence electrons. The molecule has 1 aliphatic carbocycles. The Hall–Kier alpha value is -2.49. The van der Waals surface area contributed by atoms with Crippen molar-refractivity contribution in [2.45, 2.75) is 52.1 Å². The van der Waals surface area contributed by atoms with Crippen LogP contribution >= 0.6 is 0 Å². The molecule has 2 aromatic rings. The van der Waals surface area contributed by atoms with Crippen LogP contribution in [0.1, 0.15) is 44.2 Å². The molecule has 2 aromatic carbocycles. The fourth-order valence-electron chi connectivity index (χ4n) is 3.32. The van der Waals surface area contributed by atoms with Crippen LogP contribution in [0.15, 0.2) is 42.5 Å². The van der Waals surface area contributed by atoms with E-state index in [9.17, 15) is 4.79 Å². The van der Waals surface area contributed by atoms with Crippen molar-refractivity contribution < 1.29 is 14.3 Å². The lowest BCUT2D eigenvalue weighted by atomic mass is 9.92. The van der Waals surface area contributed by atoms with E-state index in [0.29, 0.717) is 18.7 Å². The van der Waals surface area contributed by atoms with E-state index in [-0.39, 0.29) is 5.91 Å². The van der Waals surface area contributed by atoms with Crippen molar-refractivity contribution in [3.63, 3.8) is 0 Å². The monoisotopic (exact) mass is 353 g/mol. The van der Waals surface area contributed by atoms with E-state index >= 15 is 0 Å². The van der Waals surface area contributed by atoms with E-state index in [1.54, 1.807) is 0 Å². The minimum atomic E-state index is -0.521. The maximum atomic E-state index is 12.6. The summed E-state index contributed by atoms with van der Waals surface area (Å²) in [4.78, 5) is 12.6. The number of benzene rings is 2. The fourth-order valence-corrected chi connectivity index (χ4v) is 3.32. The highest BCUT2D eigenvalue weighted by Crippen LogP contribution is 2.26. The average molecular weight is 353 g/mol. The summed E-state index contributed by atoms with van der Waals surface area (Å²) in [6, 6.07) is 13.6. The molecule has 0 heterocycles. The number of amides is 1. The lowest BCUT2D eigenvalue weighted by molar-refractivity contribution is -0.122. The SMILES string of the molecule is CCOc1cccc(NC(=O)[C@@H](CC)Oc2ccc3c(c2)CCCC3)c1. The summed E-state index contributed by atoms with van der Waals surface area (Å²) in [7, 11) is 0. The Morgan fingerprint density at radius 1 is 1.04 bits per heavy atom. The van der Waals surface area contributed by atoms with E-state index in [1.165, 1.54) is 24.0 Å². The number of rotatable bonds is 7. The van der Waals surface area contributed by atoms with Crippen LogP contribution < -0.4 is 14.8 Å². The van der Waals surface area contributed by atoms with E-state index in [4.69, 9.17) is 9.47 Å². The van der Waals surface area contributed by atoms with Gasteiger partial charge in [-0.3, -0.25) is 4.79 Å². The number of hydrogen-bond acceptors (Lipinski definition) is 3. The number of aryl methyl sites for hydroxylation is 2. The molecule has 0 aliphatic heterocycles. The highest BCUT2D eigenvalue weighted by molar-refractivity contribution is 5.94. The molecule has 0 aromatic heterocycles. The zero-order valence-electron chi connectivity index (χ0n) is 15.6. The fraction of sp³-hybridized carbons (Fsp3) is 0.409. The van der Waals surface area contributed by atoms with E-state index in [1.807, 2.05) is 44.2 Å². The molecule has 26 heavy (non-hydrogen) atoms. The van der Waals surface area contributed by atoms with Crippen LogP contribution in [0.3, 0.4) is 0 Å². The molecule has 1 amide bonds. The van der Waals surface area contributed by atoms with Gasteiger partial charge >= 0.3 is 0 Å². The summed E-state index contributed by atoms with van der Waals surface area (Å²) in [6.07, 6.45) is 4.81. The maximum Gasteiger partial charge on any atom is 0.265 e. The third-order valence-electron chi connectivity index (χ3n) is 4.67. The van der Waals surface area contributed by atoms with E-state index < -0.39 is 6.10 Å². The van der Waals surface area contributed by atoms with Crippen molar-refractivity contribution >= 4 is 11.6 Å². The zero-order valence-corrected chi connectivity index (χ0v) is 15.6. The number of ether oxygens (including phenoxy) is 2. The van der Waals surface area contributed by atoms with Crippen LogP contribution in [0.25, 0.3) is 0 Å². The topological polar surface area (TPSA) is 47.6 Å². The molecule has 3 rings (SSSR count). The maximum absolute atomic E-state index is 12.6. The first-order valence-corrected chi connectivity index (χ1v) is 9.51. The lowest BCUT2D eigenvalue weighted by Gasteiger charge is -2.20. The van der Waals surface area contributed by atoms with Crippen LogP contribution in [0.5, 0.6) is 11.5 Å². The second-order valence-corrected chi connectivity index (χ2v) is 6.60. The Balaban J connectivity index is 1.66. The van der Waals surface area contributed by atoms with Crippen molar-refractivity contribution in [1.29, 1.82) is 0 Å². The Morgan fingerprint density at radius 2 is 1.85 bits per heavy atom. The highest BCUT2D eigenvalue weighted by Gasteiger charge is 2.20. The van der Waals surface area contributed by atoms with Gasteiger partial charge in [0.15, 0.2) is 6.10 Å². The van der Waals surface area contributed by atoms with Crippen LogP contribution in [0.2, 0.25) is 0 Å². The van der Waals surface area contributed by atoms with Crippen molar-refractivity contribution in [2.75, 3.05) is 11.9 Å². The molecule has 0 spiro atoms. The van der Waals surface area contributed by atoms with Crippen LogP contribution in [-0.2, 0) is 17.6 Å². The third-order valence-corrected chi connectivity index (χ3v) is 4.67. The van der Waals surface area contributed by atoms with Gasteiger partial charge in [0.05, 0.1) is 6.61 Å². The lowest BCUT2D eigenvalue weighted by Crippen LogP contribution is -2.32. The summed E-state index contributed by atoms with van der Waals surface area (Å²) < 4.78 is 11.5. The molecule has 0 saturated carbocycles. The second kappa shape index (κ2) is 8.75. The predicted molar refractivity (Wildman–Crippen MR) is 104 cm³/mol. The van der Waals surface area contributed by atoms with Gasteiger partial charge in [-0.1, -0.05) is 19.1 Å². The van der Waals surface area contributed by atoms with Crippen molar-refractivity contribution in [2.24, 2.45) is 0 Å². The molecule has 1 aliphatic rings. The molecule has 0 fully saturated rings. The molecular formula is C22H27NO3. The van der Waals surface area contributed by atoms with Gasteiger partial charge in [0, 0.05) is 11.8 Å². The largest absolute Gasteiger partial charge is 0.494 e. The number of fused-ring (bicyclic) bond motifs is 1. The number of nitrogens with one attached hydrogen (secondary N) is 1. The standard InChI is InChI=1S/C22H27NO3/c1-3-21(22(24)23-18-10-7-11-19(15-18)25-4-2)26-20-13-12-16-8-5-6-9-17(16)14-20/h7,10-15,21H,3-6,8-9H2,1-2H3,(H,23,24)/t21-/m1/s1. The van der Waals surface area contributed by atoms with Gasteiger partial charge in [0.1, 0.15) is 11.5 Å².